The van der Waals surface area contributed by atoms with E-state index >= 15 is 0 Å². The van der Waals surface area contributed by atoms with Crippen molar-refractivity contribution < 1.29 is 14.6 Å². The van der Waals surface area contributed by atoms with E-state index in [-0.39, 0.29) is 0 Å². The van der Waals surface area contributed by atoms with Crippen molar-refractivity contribution in [3.8, 4) is 5.06 Å². The minimum atomic E-state index is -1.04. The van der Waals surface area contributed by atoms with Crippen LogP contribution >= 0.6 is 11.3 Å². The highest BCUT2D eigenvalue weighted by Gasteiger charge is 2.36. The zero-order valence-corrected chi connectivity index (χ0v) is 12.0. The van der Waals surface area contributed by atoms with Crippen molar-refractivity contribution in [1.82, 2.24) is 10.3 Å². The number of rotatable bonds is 4. The van der Waals surface area contributed by atoms with Gasteiger partial charge in [-0.25, -0.2) is 9.78 Å². The van der Waals surface area contributed by atoms with Crippen LogP contribution in [0.2, 0.25) is 0 Å². The van der Waals surface area contributed by atoms with Crippen LogP contribution in [0.15, 0.2) is 6.20 Å². The monoisotopic (exact) mass is 273 g/mol. The van der Waals surface area contributed by atoms with Crippen LogP contribution in [0.3, 0.4) is 0 Å². The summed E-state index contributed by atoms with van der Waals surface area (Å²) in [7, 11) is 1.54. The van der Waals surface area contributed by atoms with Gasteiger partial charge in [0, 0.05) is 0 Å². The number of aromatic nitrogens is 1. The first-order valence-electron chi connectivity index (χ1n) is 5.47. The summed E-state index contributed by atoms with van der Waals surface area (Å²) in [4.78, 5) is 15.7. The number of urea groups is 1. The van der Waals surface area contributed by atoms with Gasteiger partial charge >= 0.3 is 6.03 Å². The quantitative estimate of drug-likeness (QED) is 0.781. The zero-order valence-electron chi connectivity index (χ0n) is 11.2. The van der Waals surface area contributed by atoms with Crippen LogP contribution in [0.4, 0.5) is 9.93 Å². The van der Waals surface area contributed by atoms with Crippen molar-refractivity contribution in [3.63, 3.8) is 0 Å². The summed E-state index contributed by atoms with van der Waals surface area (Å²) in [5.41, 5.74) is -1.80. The molecule has 1 aromatic rings. The Morgan fingerprint density at radius 3 is 2.50 bits per heavy atom. The largest absolute Gasteiger partial charge is 0.486 e. The molecule has 0 aliphatic heterocycles. The summed E-state index contributed by atoms with van der Waals surface area (Å²) >= 11 is 1.23. The molecule has 0 aromatic carbocycles. The molecule has 18 heavy (non-hydrogen) atoms. The van der Waals surface area contributed by atoms with Crippen LogP contribution in [0.25, 0.3) is 0 Å². The maximum Gasteiger partial charge on any atom is 0.321 e. The standard InChI is InChI=1S/C11H19N3O3S/c1-10(2,11(3,4)16)14-8(15)13-9-12-6-7(17-5)18-9/h6,16H,1-5H3,(H2,12,13,14,15). The van der Waals surface area contributed by atoms with Gasteiger partial charge in [0.05, 0.1) is 24.4 Å². The van der Waals surface area contributed by atoms with E-state index in [1.807, 2.05) is 0 Å². The predicted octanol–water partition coefficient (Wildman–Crippen LogP) is 1.82. The highest BCUT2D eigenvalue weighted by atomic mass is 32.1. The highest BCUT2D eigenvalue weighted by Crippen LogP contribution is 2.25. The molecule has 0 saturated heterocycles. The third-order valence-corrected chi connectivity index (χ3v) is 3.74. The molecule has 1 rings (SSSR count). The van der Waals surface area contributed by atoms with Crippen molar-refractivity contribution in [1.29, 1.82) is 0 Å². The molecule has 6 nitrogen and oxygen atoms in total. The number of thiazole rings is 1. The fourth-order valence-corrected chi connectivity index (χ4v) is 1.61. The van der Waals surface area contributed by atoms with Crippen LogP contribution in [0.5, 0.6) is 5.06 Å². The van der Waals surface area contributed by atoms with Crippen molar-refractivity contribution in [2.24, 2.45) is 0 Å². The van der Waals surface area contributed by atoms with Crippen LogP contribution in [-0.2, 0) is 0 Å². The van der Waals surface area contributed by atoms with E-state index in [9.17, 15) is 9.90 Å². The van der Waals surface area contributed by atoms with E-state index in [0.29, 0.717) is 10.2 Å². The number of ether oxygens (including phenoxy) is 1. The van der Waals surface area contributed by atoms with E-state index in [1.165, 1.54) is 24.6 Å². The maximum atomic E-state index is 11.8. The number of nitrogens with one attached hydrogen (secondary N) is 2. The van der Waals surface area contributed by atoms with E-state index < -0.39 is 17.2 Å². The van der Waals surface area contributed by atoms with Gasteiger partial charge in [-0.05, 0) is 27.7 Å². The van der Waals surface area contributed by atoms with Gasteiger partial charge in [0.15, 0.2) is 10.2 Å². The summed E-state index contributed by atoms with van der Waals surface area (Å²) in [5, 5.41) is 16.3. The second-order valence-corrected chi connectivity index (χ2v) is 5.94. The smallest absolute Gasteiger partial charge is 0.321 e. The topological polar surface area (TPSA) is 83.5 Å². The Kier molecular flexibility index (Phi) is 4.18. The van der Waals surface area contributed by atoms with Crippen LogP contribution < -0.4 is 15.4 Å². The molecule has 1 heterocycles. The molecule has 102 valence electrons. The lowest BCUT2D eigenvalue weighted by Crippen LogP contribution is -2.58. The average Bonchev–Trinajstić information content (AvgIpc) is 2.62. The number of carbonyl (C=O) groups is 1. The zero-order chi connectivity index (χ0) is 14.0. The molecule has 0 fully saturated rings. The van der Waals surface area contributed by atoms with Crippen molar-refractivity contribution in [2.75, 3.05) is 12.4 Å². The number of hydrogen-bond acceptors (Lipinski definition) is 5. The third-order valence-electron chi connectivity index (χ3n) is 2.86. The number of hydrogen-bond donors (Lipinski definition) is 3. The molecule has 0 radical (unpaired) electrons. The van der Waals surface area contributed by atoms with Crippen molar-refractivity contribution in [3.05, 3.63) is 6.20 Å². The van der Waals surface area contributed by atoms with E-state index in [1.54, 1.807) is 27.7 Å². The molecule has 0 bridgehead atoms. The predicted molar refractivity (Wildman–Crippen MR) is 71.2 cm³/mol. The summed E-state index contributed by atoms with van der Waals surface area (Å²) in [6.07, 6.45) is 1.53. The molecular weight excluding hydrogens is 254 g/mol. The van der Waals surface area contributed by atoms with Gasteiger partial charge in [0.2, 0.25) is 0 Å². The van der Waals surface area contributed by atoms with Gasteiger partial charge < -0.3 is 15.2 Å². The Morgan fingerprint density at radius 2 is 2.06 bits per heavy atom. The maximum absolute atomic E-state index is 11.8. The number of nitrogens with zero attached hydrogens (tertiary/aromatic N) is 1. The molecule has 2 amide bonds. The van der Waals surface area contributed by atoms with Gasteiger partial charge in [-0.2, -0.15) is 0 Å². The van der Waals surface area contributed by atoms with Crippen LogP contribution in [0.1, 0.15) is 27.7 Å². The van der Waals surface area contributed by atoms with E-state index in [0.717, 1.165) is 0 Å². The Labute approximate surface area is 110 Å². The first kappa shape index (κ1) is 14.7. The van der Waals surface area contributed by atoms with E-state index in [2.05, 4.69) is 15.6 Å². The Morgan fingerprint density at radius 1 is 1.44 bits per heavy atom. The average molecular weight is 273 g/mol. The molecule has 1 aromatic heterocycles. The van der Waals surface area contributed by atoms with Gasteiger partial charge in [0.25, 0.3) is 0 Å². The highest BCUT2D eigenvalue weighted by molar-refractivity contribution is 7.17. The normalized spacial score (nSPS) is 12.1. The lowest BCUT2D eigenvalue weighted by atomic mass is 9.86. The minimum absolute atomic E-state index is 0.417. The van der Waals surface area contributed by atoms with E-state index in [4.69, 9.17) is 4.74 Å². The minimum Gasteiger partial charge on any atom is -0.486 e. The molecule has 0 aliphatic rings. The van der Waals surface area contributed by atoms with Gasteiger partial charge in [0.1, 0.15) is 0 Å². The van der Waals surface area contributed by atoms with Crippen LogP contribution in [-0.4, -0.2) is 34.4 Å². The molecule has 0 aliphatic carbocycles. The number of amides is 2. The molecule has 0 saturated carbocycles. The third kappa shape index (κ3) is 3.58. The summed E-state index contributed by atoms with van der Waals surface area (Å²) in [6.45, 7) is 6.77. The van der Waals surface area contributed by atoms with Crippen molar-refractivity contribution >= 4 is 22.5 Å². The summed E-state index contributed by atoms with van der Waals surface area (Å²) < 4.78 is 4.98. The number of aliphatic hydroxyl groups is 1. The first-order chi connectivity index (χ1) is 8.15. The second kappa shape index (κ2) is 5.11. The fraction of sp³-hybridized carbons (Fsp3) is 0.636. The number of methoxy groups -OCH3 is 1. The lowest BCUT2D eigenvalue weighted by molar-refractivity contribution is 0.00185. The Bertz CT molecular complexity index is 423. The van der Waals surface area contributed by atoms with Gasteiger partial charge in [-0.1, -0.05) is 11.3 Å². The number of anilines is 1. The molecule has 0 atom stereocenters. The second-order valence-electron chi connectivity index (χ2n) is 4.95. The SMILES string of the molecule is COc1cnc(NC(=O)NC(C)(C)C(C)(C)O)s1. The van der Waals surface area contributed by atoms with Crippen molar-refractivity contribution in [2.45, 2.75) is 38.8 Å². The Hall–Kier alpha value is -1.34. The van der Waals surface area contributed by atoms with Crippen LogP contribution in [0, 0.1) is 0 Å². The Balaban J connectivity index is 2.62. The van der Waals surface area contributed by atoms with Gasteiger partial charge in [-0.15, -0.1) is 0 Å². The number of carbonyl (C=O) groups excluding carboxylic acids is 1. The lowest BCUT2D eigenvalue weighted by Gasteiger charge is -2.37. The molecular formula is C11H19N3O3S. The fourth-order valence-electron chi connectivity index (χ4n) is 0.977. The van der Waals surface area contributed by atoms with Gasteiger partial charge in [-0.3, -0.25) is 5.32 Å². The molecule has 0 spiro atoms. The molecule has 7 heteroatoms. The first-order valence-corrected chi connectivity index (χ1v) is 6.29. The summed E-state index contributed by atoms with van der Waals surface area (Å²) in [5.74, 6) is 0. The summed E-state index contributed by atoms with van der Waals surface area (Å²) in [6, 6.07) is -0.417. The molecule has 0 unspecified atom stereocenters. The molecule has 3 N–H and O–H groups in total.